The van der Waals surface area contributed by atoms with E-state index in [0.29, 0.717) is 0 Å². The van der Waals surface area contributed by atoms with Gasteiger partial charge >= 0.3 is 20.2 Å². The molecule has 0 heterocycles. The van der Waals surface area contributed by atoms with Gasteiger partial charge in [-0.15, -0.1) is 0 Å². The maximum Gasteiger partial charge on any atom is 0.300 e. The fourth-order valence-electron chi connectivity index (χ4n) is 1.30. The van der Waals surface area contributed by atoms with E-state index in [1.54, 1.807) is 0 Å². The molecular weight excluding hydrogens is 344 g/mol. The number of ether oxygens (including phenoxy) is 2. The van der Waals surface area contributed by atoms with Crippen molar-refractivity contribution >= 4 is 32.8 Å². The second kappa shape index (κ2) is 6.83. The summed E-state index contributed by atoms with van der Waals surface area (Å²) in [6.45, 7) is 0. The molecule has 22 heavy (non-hydrogen) atoms. The standard InChI is InChI=1S/C10H10O10S2/c11-3-7-1-9(19-5-21(13,14)15)8(4-12)2-10(7)20-6-22(16,17)18/h1-4H,5-6H2,(H,13,14,15)(H,16,17,18). The van der Waals surface area contributed by atoms with Crippen LogP contribution >= 0.6 is 0 Å². The minimum Gasteiger partial charge on any atom is -0.474 e. The van der Waals surface area contributed by atoms with Crippen LogP contribution < -0.4 is 9.47 Å². The van der Waals surface area contributed by atoms with Gasteiger partial charge in [-0.2, -0.15) is 16.8 Å². The minimum atomic E-state index is -4.48. The lowest BCUT2D eigenvalue weighted by Crippen LogP contribution is -2.13. The lowest BCUT2D eigenvalue weighted by molar-refractivity contribution is 0.110. The average Bonchev–Trinajstić information content (AvgIpc) is 2.40. The summed E-state index contributed by atoms with van der Waals surface area (Å²) in [7, 11) is -8.95. The fraction of sp³-hybridized carbons (Fsp3) is 0.200. The topological polar surface area (TPSA) is 161 Å². The first-order chi connectivity index (χ1) is 10.1. The predicted octanol–water partition coefficient (Wildman–Crippen LogP) is -0.240. The Kier molecular flexibility index (Phi) is 5.59. The number of hydrogen-bond donors (Lipinski definition) is 2. The SMILES string of the molecule is O=Cc1cc(OCS(=O)(=O)O)c(C=O)cc1OCS(=O)(=O)O. The van der Waals surface area contributed by atoms with Gasteiger partial charge in [-0.3, -0.25) is 18.7 Å². The summed E-state index contributed by atoms with van der Waals surface area (Å²) < 4.78 is 68.9. The molecule has 12 heteroatoms. The molecule has 0 saturated carbocycles. The number of aldehydes is 2. The molecule has 10 nitrogen and oxygen atoms in total. The fourth-order valence-corrected chi connectivity index (χ4v) is 1.85. The monoisotopic (exact) mass is 354 g/mol. The largest absolute Gasteiger partial charge is 0.474 e. The highest BCUT2D eigenvalue weighted by atomic mass is 32.2. The van der Waals surface area contributed by atoms with Gasteiger partial charge < -0.3 is 9.47 Å². The molecule has 0 bridgehead atoms. The van der Waals surface area contributed by atoms with E-state index in [1.165, 1.54) is 0 Å². The number of carbonyl (C=O) groups is 2. The van der Waals surface area contributed by atoms with Crippen LogP contribution in [0.4, 0.5) is 0 Å². The van der Waals surface area contributed by atoms with Crippen LogP contribution in [0.25, 0.3) is 0 Å². The average molecular weight is 354 g/mol. The second-order valence-corrected chi connectivity index (χ2v) is 6.65. The zero-order valence-electron chi connectivity index (χ0n) is 10.7. The Morgan fingerprint density at radius 2 is 1.14 bits per heavy atom. The summed E-state index contributed by atoms with van der Waals surface area (Å²) in [6, 6.07) is 1.84. The second-order valence-electron chi connectivity index (χ2n) is 3.85. The molecule has 0 aliphatic carbocycles. The van der Waals surface area contributed by atoms with Gasteiger partial charge in [0.05, 0.1) is 11.1 Å². The summed E-state index contributed by atoms with van der Waals surface area (Å²) in [6.07, 6.45) is 0.461. The maximum absolute atomic E-state index is 10.9. The van der Waals surface area contributed by atoms with Crippen molar-refractivity contribution in [2.75, 3.05) is 11.9 Å². The van der Waals surface area contributed by atoms with Crippen LogP contribution in [-0.4, -0.2) is 50.4 Å². The Hall–Kier alpha value is -2.02. The third-order valence-corrected chi connectivity index (χ3v) is 2.95. The van der Waals surface area contributed by atoms with E-state index in [0.717, 1.165) is 12.1 Å². The molecule has 1 rings (SSSR count). The molecule has 0 radical (unpaired) electrons. The van der Waals surface area contributed by atoms with E-state index in [-0.39, 0.29) is 35.2 Å². The lowest BCUT2D eigenvalue weighted by Gasteiger charge is -2.11. The Labute approximate surface area is 125 Å². The van der Waals surface area contributed by atoms with Crippen molar-refractivity contribution in [2.45, 2.75) is 0 Å². The zero-order chi connectivity index (χ0) is 17.0. The molecule has 1 aromatic carbocycles. The van der Waals surface area contributed by atoms with Crippen LogP contribution in [0.5, 0.6) is 11.5 Å². The third-order valence-electron chi connectivity index (χ3n) is 2.12. The van der Waals surface area contributed by atoms with Gasteiger partial charge in [0.2, 0.25) is 11.9 Å². The van der Waals surface area contributed by atoms with E-state index >= 15 is 0 Å². The first kappa shape index (κ1) is 18.0. The smallest absolute Gasteiger partial charge is 0.300 e. The zero-order valence-corrected chi connectivity index (χ0v) is 12.3. The van der Waals surface area contributed by atoms with E-state index in [4.69, 9.17) is 9.11 Å². The molecule has 0 unspecified atom stereocenters. The van der Waals surface area contributed by atoms with Gasteiger partial charge in [0, 0.05) is 0 Å². The van der Waals surface area contributed by atoms with Crippen molar-refractivity contribution < 1.29 is 45.0 Å². The Morgan fingerprint density at radius 3 is 1.36 bits per heavy atom. The predicted molar refractivity (Wildman–Crippen MR) is 71.3 cm³/mol. The minimum absolute atomic E-state index is 0.230. The van der Waals surface area contributed by atoms with Crippen molar-refractivity contribution in [3.8, 4) is 11.5 Å². The molecule has 1 aromatic rings. The van der Waals surface area contributed by atoms with E-state index in [9.17, 15) is 26.4 Å². The summed E-state index contributed by atoms with van der Waals surface area (Å²) in [5.41, 5.74) is -0.529. The normalized spacial score (nSPS) is 11.7. The highest BCUT2D eigenvalue weighted by molar-refractivity contribution is 7.85. The van der Waals surface area contributed by atoms with Gasteiger partial charge in [0.15, 0.2) is 12.6 Å². The highest BCUT2D eigenvalue weighted by Gasteiger charge is 2.16. The third kappa shape index (κ3) is 5.77. The number of benzene rings is 1. The molecule has 122 valence electrons. The van der Waals surface area contributed by atoms with Crippen molar-refractivity contribution in [2.24, 2.45) is 0 Å². The van der Waals surface area contributed by atoms with Crippen LogP contribution in [0, 0.1) is 0 Å². The molecule has 0 aliphatic heterocycles. The van der Waals surface area contributed by atoms with Crippen LogP contribution in [0.2, 0.25) is 0 Å². The van der Waals surface area contributed by atoms with Crippen LogP contribution in [0.3, 0.4) is 0 Å². The quantitative estimate of drug-likeness (QED) is 0.470. The summed E-state index contributed by atoms with van der Waals surface area (Å²) in [4.78, 5) is 21.8. The van der Waals surface area contributed by atoms with Crippen molar-refractivity contribution in [3.63, 3.8) is 0 Å². The first-order valence-corrected chi connectivity index (χ1v) is 8.52. The van der Waals surface area contributed by atoms with Gasteiger partial charge in [-0.25, -0.2) is 0 Å². The molecular formula is C10H10O10S2. The summed E-state index contributed by atoms with van der Waals surface area (Å²) in [5, 5.41) is 0. The molecule has 0 saturated heterocycles. The Balaban J connectivity index is 3.17. The van der Waals surface area contributed by atoms with E-state index in [2.05, 4.69) is 9.47 Å². The molecule has 0 aromatic heterocycles. The van der Waals surface area contributed by atoms with Gasteiger partial charge in [-0.05, 0) is 12.1 Å². The molecule has 0 aliphatic rings. The molecule has 0 amide bonds. The number of carbonyl (C=O) groups excluding carboxylic acids is 2. The van der Waals surface area contributed by atoms with Gasteiger partial charge in [-0.1, -0.05) is 0 Å². The summed E-state index contributed by atoms with van der Waals surface area (Å²) >= 11 is 0. The Bertz CT molecular complexity index is 710. The number of rotatable bonds is 8. The first-order valence-electron chi connectivity index (χ1n) is 5.30. The number of hydrogen-bond acceptors (Lipinski definition) is 8. The highest BCUT2D eigenvalue weighted by Crippen LogP contribution is 2.27. The van der Waals surface area contributed by atoms with E-state index in [1.807, 2.05) is 0 Å². The van der Waals surface area contributed by atoms with Crippen LogP contribution in [-0.2, 0) is 20.2 Å². The van der Waals surface area contributed by atoms with E-state index < -0.39 is 32.1 Å². The van der Waals surface area contributed by atoms with Crippen molar-refractivity contribution in [3.05, 3.63) is 23.3 Å². The lowest BCUT2D eigenvalue weighted by atomic mass is 10.1. The maximum atomic E-state index is 10.9. The van der Waals surface area contributed by atoms with Crippen LogP contribution in [0.15, 0.2) is 12.1 Å². The van der Waals surface area contributed by atoms with Gasteiger partial charge in [0.25, 0.3) is 0 Å². The Morgan fingerprint density at radius 1 is 0.818 bits per heavy atom. The molecule has 0 atom stereocenters. The molecule has 0 fully saturated rings. The summed E-state index contributed by atoms with van der Waals surface area (Å²) in [5.74, 6) is -2.99. The van der Waals surface area contributed by atoms with Crippen LogP contribution in [0.1, 0.15) is 20.7 Å². The van der Waals surface area contributed by atoms with Crippen molar-refractivity contribution in [1.29, 1.82) is 0 Å². The van der Waals surface area contributed by atoms with Crippen molar-refractivity contribution in [1.82, 2.24) is 0 Å². The molecule has 2 N–H and O–H groups in total. The van der Waals surface area contributed by atoms with Gasteiger partial charge in [0.1, 0.15) is 11.5 Å². The molecule has 0 spiro atoms.